The molecule has 17 heavy (non-hydrogen) atoms. The fraction of sp³-hybridized carbons (Fsp3) is 0.200. The molecular weight excluding hydrogens is 232 g/mol. The van der Waals surface area contributed by atoms with Crippen molar-refractivity contribution in [2.45, 2.75) is 6.42 Å². The van der Waals surface area contributed by atoms with E-state index in [0.717, 1.165) is 6.07 Å². The Kier molecular flexibility index (Phi) is 3.97. The van der Waals surface area contributed by atoms with Crippen LogP contribution in [0.2, 0.25) is 0 Å². The molecule has 0 saturated carbocycles. The van der Waals surface area contributed by atoms with Gasteiger partial charge in [-0.15, -0.1) is 0 Å². The van der Waals surface area contributed by atoms with Crippen molar-refractivity contribution < 1.29 is 18.4 Å². The molecule has 0 aliphatic heterocycles. The number of halogens is 2. The summed E-state index contributed by atoms with van der Waals surface area (Å²) in [6, 6.07) is 1.42. The number of nitrogen functional groups attached to an aromatic ring is 1. The second-order valence-corrected chi connectivity index (χ2v) is 3.33. The van der Waals surface area contributed by atoms with E-state index in [1.165, 1.54) is 0 Å². The maximum absolute atomic E-state index is 13.2. The van der Waals surface area contributed by atoms with Gasteiger partial charge in [0.2, 0.25) is 5.91 Å². The second kappa shape index (κ2) is 5.24. The average Bonchev–Trinajstić information content (AvgIpc) is 2.22. The van der Waals surface area contributed by atoms with Crippen molar-refractivity contribution in [3.8, 4) is 0 Å². The van der Waals surface area contributed by atoms with Crippen LogP contribution in [0.5, 0.6) is 0 Å². The summed E-state index contributed by atoms with van der Waals surface area (Å²) >= 11 is 0. The molecule has 92 valence electrons. The van der Waals surface area contributed by atoms with Crippen molar-refractivity contribution in [2.75, 3.05) is 12.3 Å². The first kappa shape index (κ1) is 12.9. The third-order valence-corrected chi connectivity index (χ3v) is 1.99. The van der Waals surface area contributed by atoms with Gasteiger partial charge in [0.15, 0.2) is 0 Å². The van der Waals surface area contributed by atoms with Gasteiger partial charge in [0.05, 0.1) is 11.3 Å². The van der Waals surface area contributed by atoms with E-state index in [1.807, 2.05) is 0 Å². The predicted molar refractivity (Wildman–Crippen MR) is 56.9 cm³/mol. The van der Waals surface area contributed by atoms with Crippen molar-refractivity contribution in [3.63, 3.8) is 0 Å². The molecule has 1 aromatic rings. The molecule has 0 saturated heterocycles. The molecule has 1 rings (SSSR count). The van der Waals surface area contributed by atoms with Crippen LogP contribution in [-0.2, 0) is 4.79 Å². The number of amides is 2. The molecule has 1 aromatic carbocycles. The van der Waals surface area contributed by atoms with Gasteiger partial charge >= 0.3 is 0 Å². The lowest BCUT2D eigenvalue weighted by Crippen LogP contribution is -2.28. The van der Waals surface area contributed by atoms with Gasteiger partial charge in [-0.2, -0.15) is 0 Å². The SMILES string of the molecule is NC(=O)CCNC(=O)c1cc(N)c(F)cc1F. The molecule has 0 heterocycles. The van der Waals surface area contributed by atoms with Crippen molar-refractivity contribution in [3.05, 3.63) is 29.3 Å². The Morgan fingerprint density at radius 3 is 2.47 bits per heavy atom. The summed E-state index contributed by atoms with van der Waals surface area (Å²) in [5.41, 5.74) is 9.36. The first-order valence-electron chi connectivity index (χ1n) is 4.73. The lowest BCUT2D eigenvalue weighted by Gasteiger charge is -2.06. The summed E-state index contributed by atoms with van der Waals surface area (Å²) in [6.45, 7) is -0.0229. The molecule has 5 N–H and O–H groups in total. The van der Waals surface area contributed by atoms with Gasteiger partial charge in [-0.1, -0.05) is 0 Å². The van der Waals surface area contributed by atoms with Gasteiger partial charge in [-0.05, 0) is 6.07 Å². The summed E-state index contributed by atoms with van der Waals surface area (Å²) in [5.74, 6) is -3.33. The van der Waals surface area contributed by atoms with E-state index in [0.29, 0.717) is 6.07 Å². The Balaban J connectivity index is 2.75. The van der Waals surface area contributed by atoms with E-state index in [1.54, 1.807) is 0 Å². The summed E-state index contributed by atoms with van der Waals surface area (Å²) in [5, 5.41) is 2.26. The lowest BCUT2D eigenvalue weighted by atomic mass is 10.1. The predicted octanol–water partition coefficient (Wildman–Crippen LogP) is 0.152. The van der Waals surface area contributed by atoms with Crippen LogP contribution in [0.1, 0.15) is 16.8 Å². The first-order chi connectivity index (χ1) is 7.91. The smallest absolute Gasteiger partial charge is 0.254 e. The van der Waals surface area contributed by atoms with Crippen LogP contribution in [0, 0.1) is 11.6 Å². The Morgan fingerprint density at radius 2 is 1.88 bits per heavy atom. The van der Waals surface area contributed by atoms with Gasteiger partial charge < -0.3 is 16.8 Å². The third kappa shape index (κ3) is 3.40. The normalized spacial score (nSPS) is 10.0. The zero-order valence-corrected chi connectivity index (χ0v) is 8.80. The van der Waals surface area contributed by atoms with E-state index >= 15 is 0 Å². The summed E-state index contributed by atoms with van der Waals surface area (Å²) in [7, 11) is 0. The van der Waals surface area contributed by atoms with Crippen LogP contribution in [0.25, 0.3) is 0 Å². The topological polar surface area (TPSA) is 98.2 Å². The number of nitrogens with two attached hydrogens (primary N) is 2. The zero-order chi connectivity index (χ0) is 13.0. The van der Waals surface area contributed by atoms with Crippen LogP contribution in [0.4, 0.5) is 14.5 Å². The molecular formula is C10H11F2N3O2. The van der Waals surface area contributed by atoms with E-state index in [-0.39, 0.29) is 24.2 Å². The monoisotopic (exact) mass is 243 g/mol. The Labute approximate surface area is 95.8 Å². The molecule has 0 aromatic heterocycles. The second-order valence-electron chi connectivity index (χ2n) is 3.33. The molecule has 0 radical (unpaired) electrons. The molecule has 0 atom stereocenters. The van der Waals surface area contributed by atoms with E-state index in [2.05, 4.69) is 5.32 Å². The number of hydrogen-bond acceptors (Lipinski definition) is 3. The van der Waals surface area contributed by atoms with E-state index in [9.17, 15) is 18.4 Å². The minimum Gasteiger partial charge on any atom is -0.396 e. The number of carbonyl (C=O) groups is 2. The minimum atomic E-state index is -1.02. The molecule has 7 heteroatoms. The Bertz CT molecular complexity index is 463. The number of carbonyl (C=O) groups excluding carboxylic acids is 2. The fourth-order valence-electron chi connectivity index (χ4n) is 1.13. The van der Waals surface area contributed by atoms with Gasteiger partial charge in [-0.25, -0.2) is 8.78 Å². The molecule has 0 spiro atoms. The highest BCUT2D eigenvalue weighted by atomic mass is 19.1. The van der Waals surface area contributed by atoms with Crippen LogP contribution in [-0.4, -0.2) is 18.4 Å². The van der Waals surface area contributed by atoms with Gasteiger partial charge in [-0.3, -0.25) is 9.59 Å². The third-order valence-electron chi connectivity index (χ3n) is 1.99. The summed E-state index contributed by atoms with van der Waals surface area (Å²) in [6.07, 6.45) is -0.0654. The summed E-state index contributed by atoms with van der Waals surface area (Å²) in [4.78, 5) is 21.8. The number of nitrogens with one attached hydrogen (secondary N) is 1. The zero-order valence-electron chi connectivity index (χ0n) is 8.80. The molecule has 5 nitrogen and oxygen atoms in total. The molecule has 0 bridgehead atoms. The van der Waals surface area contributed by atoms with Crippen molar-refractivity contribution in [2.24, 2.45) is 5.73 Å². The molecule has 0 unspecified atom stereocenters. The van der Waals surface area contributed by atoms with Crippen LogP contribution < -0.4 is 16.8 Å². The van der Waals surface area contributed by atoms with Gasteiger partial charge in [0.25, 0.3) is 5.91 Å². The molecule has 0 aliphatic rings. The average molecular weight is 243 g/mol. The number of rotatable bonds is 4. The quantitative estimate of drug-likeness (QED) is 0.656. The highest BCUT2D eigenvalue weighted by Gasteiger charge is 2.14. The number of primary amides is 1. The maximum Gasteiger partial charge on any atom is 0.254 e. The summed E-state index contributed by atoms with van der Waals surface area (Å²) < 4.78 is 26.0. The highest BCUT2D eigenvalue weighted by molar-refractivity contribution is 5.95. The van der Waals surface area contributed by atoms with Crippen LogP contribution in [0.3, 0.4) is 0 Å². The van der Waals surface area contributed by atoms with Gasteiger partial charge in [0, 0.05) is 19.0 Å². The molecule has 0 fully saturated rings. The van der Waals surface area contributed by atoms with Crippen LogP contribution >= 0.6 is 0 Å². The van der Waals surface area contributed by atoms with Crippen molar-refractivity contribution in [1.82, 2.24) is 5.32 Å². The van der Waals surface area contributed by atoms with E-state index < -0.39 is 23.4 Å². The minimum absolute atomic E-state index is 0.0229. The standard InChI is InChI=1S/C10H11F2N3O2/c11-6-4-7(12)8(13)3-5(6)10(17)15-2-1-9(14)16/h3-4H,1-2,13H2,(H2,14,16)(H,15,17). The number of benzene rings is 1. The Hall–Kier alpha value is -2.18. The largest absolute Gasteiger partial charge is 0.396 e. The Morgan fingerprint density at radius 1 is 1.24 bits per heavy atom. The number of anilines is 1. The van der Waals surface area contributed by atoms with Crippen LogP contribution in [0.15, 0.2) is 12.1 Å². The fourth-order valence-corrected chi connectivity index (χ4v) is 1.13. The maximum atomic E-state index is 13.2. The highest BCUT2D eigenvalue weighted by Crippen LogP contribution is 2.16. The van der Waals surface area contributed by atoms with Gasteiger partial charge in [0.1, 0.15) is 11.6 Å². The van der Waals surface area contributed by atoms with E-state index in [4.69, 9.17) is 11.5 Å². The van der Waals surface area contributed by atoms with Crippen molar-refractivity contribution in [1.29, 1.82) is 0 Å². The van der Waals surface area contributed by atoms with Crippen molar-refractivity contribution >= 4 is 17.5 Å². The number of hydrogen-bond donors (Lipinski definition) is 3. The molecule has 2 amide bonds. The lowest BCUT2D eigenvalue weighted by molar-refractivity contribution is -0.117. The first-order valence-corrected chi connectivity index (χ1v) is 4.73. The molecule has 0 aliphatic carbocycles.